The van der Waals surface area contributed by atoms with E-state index in [1.54, 1.807) is 6.07 Å². The number of halogens is 1. The van der Waals surface area contributed by atoms with Crippen molar-refractivity contribution in [1.29, 1.82) is 0 Å². The third-order valence-electron chi connectivity index (χ3n) is 4.77. The summed E-state index contributed by atoms with van der Waals surface area (Å²) in [5.41, 5.74) is 0.523. The Balaban J connectivity index is 1.48. The van der Waals surface area contributed by atoms with Crippen LogP contribution in [-0.4, -0.2) is 52.0 Å². The molecule has 24 heavy (non-hydrogen) atoms. The van der Waals surface area contributed by atoms with Gasteiger partial charge in [-0.1, -0.05) is 0 Å². The molecule has 0 radical (unpaired) electrons. The van der Waals surface area contributed by atoms with Crippen LogP contribution in [0.1, 0.15) is 18.7 Å². The van der Waals surface area contributed by atoms with Gasteiger partial charge in [0.15, 0.2) is 0 Å². The second-order valence-electron chi connectivity index (χ2n) is 6.31. The van der Waals surface area contributed by atoms with E-state index in [0.717, 1.165) is 13.1 Å². The number of piperidine rings is 1. The first-order valence-electron chi connectivity index (χ1n) is 8.06. The second-order valence-corrected chi connectivity index (χ2v) is 6.31. The van der Waals surface area contributed by atoms with Crippen LogP contribution in [0.25, 0.3) is 11.0 Å². The molecule has 0 aliphatic carbocycles. The number of imide groups is 1. The lowest BCUT2D eigenvalue weighted by Gasteiger charge is -2.31. The van der Waals surface area contributed by atoms with E-state index in [1.165, 1.54) is 17.0 Å². The van der Waals surface area contributed by atoms with E-state index in [-0.39, 0.29) is 24.3 Å². The standard InChI is InChI=1S/C16H18FN5O2/c17-10-1-2-11-12(9-10)20-13(19-11)3-8-22-14(23)16(21-15(22)24)4-6-18-7-5-16/h1-2,9,18H,3-8H2,(H,19,20)(H,21,24). The summed E-state index contributed by atoms with van der Waals surface area (Å²) in [6, 6.07) is 3.99. The number of nitrogens with zero attached hydrogens (tertiary/aromatic N) is 2. The number of fused-ring (bicyclic) bond motifs is 1. The first kappa shape index (κ1) is 15.1. The normalized spacial score (nSPS) is 20.1. The maximum Gasteiger partial charge on any atom is 0.325 e. The lowest BCUT2D eigenvalue weighted by Crippen LogP contribution is -2.53. The average Bonchev–Trinajstić information content (AvgIpc) is 3.06. The smallest absolute Gasteiger partial charge is 0.325 e. The van der Waals surface area contributed by atoms with Crippen LogP contribution in [0.3, 0.4) is 0 Å². The molecule has 0 saturated carbocycles. The number of urea groups is 1. The first-order valence-corrected chi connectivity index (χ1v) is 8.06. The van der Waals surface area contributed by atoms with Crippen molar-refractivity contribution in [2.24, 2.45) is 0 Å². The number of imidazole rings is 1. The highest BCUT2D eigenvalue weighted by molar-refractivity contribution is 6.07. The molecule has 126 valence electrons. The van der Waals surface area contributed by atoms with Crippen LogP contribution in [0, 0.1) is 5.82 Å². The number of amides is 3. The van der Waals surface area contributed by atoms with Gasteiger partial charge in [-0.3, -0.25) is 9.69 Å². The van der Waals surface area contributed by atoms with E-state index < -0.39 is 5.54 Å². The van der Waals surface area contributed by atoms with Crippen LogP contribution in [0.15, 0.2) is 18.2 Å². The molecule has 3 amide bonds. The van der Waals surface area contributed by atoms with Gasteiger partial charge in [0.1, 0.15) is 17.2 Å². The summed E-state index contributed by atoms with van der Waals surface area (Å²) in [7, 11) is 0. The predicted octanol–water partition coefficient (Wildman–Crippen LogP) is 0.918. The van der Waals surface area contributed by atoms with Crippen molar-refractivity contribution in [1.82, 2.24) is 25.5 Å². The van der Waals surface area contributed by atoms with E-state index in [1.807, 2.05) is 0 Å². The summed E-state index contributed by atoms with van der Waals surface area (Å²) < 4.78 is 13.2. The number of aromatic nitrogens is 2. The molecule has 1 spiro atoms. The SMILES string of the molecule is O=C1NC2(CCNCC2)C(=O)N1CCc1nc2ccc(F)cc2[nH]1. The molecule has 1 aromatic heterocycles. The molecular formula is C16H18FN5O2. The molecule has 2 fully saturated rings. The molecule has 7 nitrogen and oxygen atoms in total. The molecule has 8 heteroatoms. The number of rotatable bonds is 3. The van der Waals surface area contributed by atoms with Gasteiger partial charge in [0.25, 0.3) is 5.91 Å². The molecule has 0 unspecified atom stereocenters. The summed E-state index contributed by atoms with van der Waals surface area (Å²) in [4.78, 5) is 33.5. The highest BCUT2D eigenvalue weighted by Crippen LogP contribution is 2.27. The Labute approximate surface area is 137 Å². The molecular weight excluding hydrogens is 313 g/mol. The number of hydrogen-bond acceptors (Lipinski definition) is 4. The Morgan fingerprint density at radius 1 is 1.25 bits per heavy atom. The van der Waals surface area contributed by atoms with E-state index in [4.69, 9.17) is 0 Å². The number of benzene rings is 1. The topological polar surface area (TPSA) is 90.1 Å². The van der Waals surface area contributed by atoms with Gasteiger partial charge in [0.05, 0.1) is 11.0 Å². The summed E-state index contributed by atoms with van der Waals surface area (Å²) in [6.45, 7) is 1.69. The van der Waals surface area contributed by atoms with Crippen molar-refractivity contribution in [2.75, 3.05) is 19.6 Å². The first-order chi connectivity index (χ1) is 11.6. The molecule has 2 aliphatic heterocycles. The van der Waals surface area contributed by atoms with Gasteiger partial charge < -0.3 is 15.6 Å². The van der Waals surface area contributed by atoms with Crippen LogP contribution in [0.2, 0.25) is 0 Å². The molecule has 1 aromatic carbocycles. The minimum Gasteiger partial charge on any atom is -0.342 e. The van der Waals surface area contributed by atoms with Crippen molar-refractivity contribution < 1.29 is 14.0 Å². The molecule has 0 bridgehead atoms. The molecule has 4 rings (SSSR count). The fourth-order valence-corrected chi connectivity index (χ4v) is 3.44. The maximum atomic E-state index is 13.2. The van der Waals surface area contributed by atoms with Gasteiger partial charge in [0, 0.05) is 13.0 Å². The van der Waals surface area contributed by atoms with E-state index in [2.05, 4.69) is 20.6 Å². The van der Waals surface area contributed by atoms with Crippen molar-refractivity contribution in [2.45, 2.75) is 24.8 Å². The van der Waals surface area contributed by atoms with E-state index in [9.17, 15) is 14.0 Å². The lowest BCUT2D eigenvalue weighted by atomic mass is 9.88. The summed E-state index contributed by atoms with van der Waals surface area (Å²) in [5.74, 6) is 0.137. The Kier molecular flexibility index (Phi) is 3.49. The quantitative estimate of drug-likeness (QED) is 0.730. The van der Waals surface area contributed by atoms with Crippen LogP contribution < -0.4 is 10.6 Å². The molecule has 0 atom stereocenters. The van der Waals surface area contributed by atoms with E-state index in [0.29, 0.717) is 36.1 Å². The fraction of sp³-hybridized carbons (Fsp3) is 0.438. The summed E-state index contributed by atoms with van der Waals surface area (Å²) in [6.07, 6.45) is 1.62. The van der Waals surface area contributed by atoms with Crippen molar-refractivity contribution in [3.63, 3.8) is 0 Å². The molecule has 2 aliphatic rings. The predicted molar refractivity (Wildman–Crippen MR) is 84.8 cm³/mol. The zero-order valence-corrected chi connectivity index (χ0v) is 13.1. The minimum atomic E-state index is -0.751. The lowest BCUT2D eigenvalue weighted by molar-refractivity contribution is -0.132. The molecule has 2 aromatic rings. The third kappa shape index (κ3) is 2.43. The van der Waals surface area contributed by atoms with Crippen LogP contribution >= 0.6 is 0 Å². The van der Waals surface area contributed by atoms with Crippen molar-refractivity contribution >= 4 is 23.0 Å². The van der Waals surface area contributed by atoms with Crippen LogP contribution in [-0.2, 0) is 11.2 Å². The number of hydrogen-bond donors (Lipinski definition) is 3. The Morgan fingerprint density at radius 3 is 2.83 bits per heavy atom. The Morgan fingerprint density at radius 2 is 2.04 bits per heavy atom. The number of H-pyrrole nitrogens is 1. The van der Waals surface area contributed by atoms with Gasteiger partial charge in [-0.05, 0) is 44.1 Å². The Bertz CT molecular complexity index is 812. The van der Waals surface area contributed by atoms with Crippen molar-refractivity contribution in [3.8, 4) is 0 Å². The third-order valence-corrected chi connectivity index (χ3v) is 4.77. The van der Waals surface area contributed by atoms with Crippen LogP contribution in [0.5, 0.6) is 0 Å². The monoisotopic (exact) mass is 331 g/mol. The highest BCUT2D eigenvalue weighted by Gasteiger charge is 2.51. The van der Waals surface area contributed by atoms with Gasteiger partial charge >= 0.3 is 6.03 Å². The summed E-state index contributed by atoms with van der Waals surface area (Å²) >= 11 is 0. The largest absolute Gasteiger partial charge is 0.342 e. The molecule has 3 heterocycles. The average molecular weight is 331 g/mol. The Hall–Kier alpha value is -2.48. The maximum absolute atomic E-state index is 13.2. The van der Waals surface area contributed by atoms with Gasteiger partial charge in [0.2, 0.25) is 0 Å². The molecule has 2 saturated heterocycles. The number of carbonyl (C=O) groups is 2. The molecule has 3 N–H and O–H groups in total. The number of carbonyl (C=O) groups excluding carboxylic acids is 2. The van der Waals surface area contributed by atoms with E-state index >= 15 is 0 Å². The zero-order valence-electron chi connectivity index (χ0n) is 13.1. The number of aromatic amines is 1. The number of nitrogens with one attached hydrogen (secondary N) is 3. The zero-order chi connectivity index (χ0) is 16.7. The van der Waals surface area contributed by atoms with Gasteiger partial charge in [-0.25, -0.2) is 14.2 Å². The fourth-order valence-electron chi connectivity index (χ4n) is 3.44. The minimum absolute atomic E-state index is 0.156. The second kappa shape index (κ2) is 5.55. The van der Waals surface area contributed by atoms with Crippen molar-refractivity contribution in [3.05, 3.63) is 29.8 Å². The summed E-state index contributed by atoms with van der Waals surface area (Å²) in [5, 5.41) is 6.05. The van der Waals surface area contributed by atoms with Gasteiger partial charge in [-0.2, -0.15) is 0 Å². The highest BCUT2D eigenvalue weighted by atomic mass is 19.1. The van der Waals surface area contributed by atoms with Gasteiger partial charge in [-0.15, -0.1) is 0 Å². The van der Waals surface area contributed by atoms with Crippen LogP contribution in [0.4, 0.5) is 9.18 Å².